The Hall–Kier alpha value is -3.62. The number of anilines is 2. The summed E-state index contributed by atoms with van der Waals surface area (Å²) < 4.78 is 0. The van der Waals surface area contributed by atoms with Crippen molar-refractivity contribution in [3.8, 4) is 0 Å². The Labute approximate surface area is 184 Å². The molecule has 31 heavy (non-hydrogen) atoms. The molecule has 5 aromatic carbocycles. The normalized spacial score (nSPS) is 14.2. The molecule has 0 N–H and O–H groups in total. The van der Waals surface area contributed by atoms with Crippen LogP contribution >= 0.6 is 0 Å². The lowest BCUT2D eigenvalue weighted by molar-refractivity contribution is 1.22. The topological polar surface area (TPSA) is 3.24 Å². The molecule has 5 aromatic rings. The highest BCUT2D eigenvalue weighted by atomic mass is 28.3. The predicted molar refractivity (Wildman–Crippen MR) is 136 cm³/mol. The molecule has 0 fully saturated rings. The van der Waals surface area contributed by atoms with Gasteiger partial charge in [-0.2, -0.15) is 0 Å². The minimum atomic E-state index is -2.52. The lowest BCUT2D eigenvalue weighted by atomic mass is 10.1. The third kappa shape index (κ3) is 2.49. The van der Waals surface area contributed by atoms with E-state index >= 15 is 0 Å². The van der Waals surface area contributed by atoms with E-state index in [1.807, 2.05) is 0 Å². The Bertz CT molecular complexity index is 1350. The number of rotatable bonds is 2. The second-order valence-corrected chi connectivity index (χ2v) is 11.9. The molecule has 0 bridgehead atoms. The van der Waals surface area contributed by atoms with Gasteiger partial charge in [-0.1, -0.05) is 109 Å². The Balaban J connectivity index is 1.89. The van der Waals surface area contributed by atoms with E-state index < -0.39 is 8.07 Å². The molecule has 0 aromatic heterocycles. The van der Waals surface area contributed by atoms with Gasteiger partial charge < -0.3 is 4.90 Å². The van der Waals surface area contributed by atoms with E-state index in [-0.39, 0.29) is 0 Å². The molecule has 0 atom stereocenters. The molecule has 6 rings (SSSR count). The first kappa shape index (κ1) is 18.2. The monoisotopic (exact) mass is 413 g/mol. The zero-order valence-corrected chi connectivity index (χ0v) is 18.5. The number of para-hydroxylation sites is 1. The highest BCUT2D eigenvalue weighted by Crippen LogP contribution is 2.33. The number of benzene rings is 5. The minimum absolute atomic E-state index is 1.30. The van der Waals surface area contributed by atoms with E-state index in [2.05, 4.69) is 133 Å². The van der Waals surface area contributed by atoms with Gasteiger partial charge in [-0.15, -0.1) is 0 Å². The minimum Gasteiger partial charge on any atom is -0.345 e. The molecule has 148 valence electrons. The predicted octanol–water partition coefficient (Wildman–Crippen LogP) is 4.30. The summed E-state index contributed by atoms with van der Waals surface area (Å²) in [4.78, 5) is 2.38. The summed E-state index contributed by atoms with van der Waals surface area (Å²) in [5.41, 5.74) is 2.63. The Kier molecular flexibility index (Phi) is 4.08. The van der Waals surface area contributed by atoms with Gasteiger partial charge in [0.2, 0.25) is 0 Å². The number of nitrogens with zero attached hydrogens (tertiary/aromatic N) is 1. The van der Waals surface area contributed by atoms with Crippen molar-refractivity contribution in [3.05, 3.63) is 121 Å². The van der Waals surface area contributed by atoms with Crippen LogP contribution in [0.3, 0.4) is 0 Å². The standard InChI is InChI=1S/C29H23NSi/c1-30-26-18-10-11-19-28(26)31(23-13-4-2-5-14-23,24-15-6-3-7-16-24)29-25-17-9-8-12-22(25)20-21-27(29)30/h2-21H,1H3. The van der Waals surface area contributed by atoms with Crippen LogP contribution in [-0.4, -0.2) is 15.1 Å². The molecule has 0 aliphatic carbocycles. The molecular formula is C29H23NSi. The Morgan fingerprint density at radius 1 is 0.516 bits per heavy atom. The second-order valence-electron chi connectivity index (χ2n) is 8.24. The first-order valence-electron chi connectivity index (χ1n) is 10.8. The largest absolute Gasteiger partial charge is 0.345 e. The molecule has 0 amide bonds. The van der Waals surface area contributed by atoms with E-state index in [4.69, 9.17) is 0 Å². The maximum Gasteiger partial charge on any atom is 0.184 e. The Morgan fingerprint density at radius 2 is 1.10 bits per heavy atom. The van der Waals surface area contributed by atoms with Gasteiger partial charge in [0.05, 0.1) is 0 Å². The third-order valence-electron chi connectivity index (χ3n) is 6.73. The second kappa shape index (κ2) is 6.97. The van der Waals surface area contributed by atoms with Gasteiger partial charge in [0.15, 0.2) is 8.07 Å². The van der Waals surface area contributed by atoms with Crippen LogP contribution in [0, 0.1) is 0 Å². The molecule has 1 aliphatic heterocycles. The summed E-state index contributed by atoms with van der Waals surface area (Å²) in [7, 11) is -0.315. The van der Waals surface area contributed by atoms with E-state index in [0.29, 0.717) is 0 Å². The number of hydrogen-bond acceptors (Lipinski definition) is 1. The first-order valence-corrected chi connectivity index (χ1v) is 12.8. The average Bonchev–Trinajstić information content (AvgIpc) is 2.85. The van der Waals surface area contributed by atoms with Crippen molar-refractivity contribution in [1.82, 2.24) is 0 Å². The van der Waals surface area contributed by atoms with Crippen molar-refractivity contribution < 1.29 is 0 Å². The van der Waals surface area contributed by atoms with Crippen LogP contribution in [0.2, 0.25) is 0 Å². The van der Waals surface area contributed by atoms with Crippen LogP contribution in [0.25, 0.3) is 10.8 Å². The highest BCUT2D eigenvalue weighted by molar-refractivity contribution is 7.22. The quantitative estimate of drug-likeness (QED) is 0.390. The lowest BCUT2D eigenvalue weighted by Crippen LogP contribution is -2.77. The highest BCUT2D eigenvalue weighted by Gasteiger charge is 2.48. The fourth-order valence-corrected chi connectivity index (χ4v) is 10.9. The van der Waals surface area contributed by atoms with Crippen molar-refractivity contribution in [2.75, 3.05) is 11.9 Å². The van der Waals surface area contributed by atoms with Crippen molar-refractivity contribution in [3.63, 3.8) is 0 Å². The van der Waals surface area contributed by atoms with E-state index in [0.717, 1.165) is 0 Å². The van der Waals surface area contributed by atoms with Crippen molar-refractivity contribution >= 4 is 51.0 Å². The van der Waals surface area contributed by atoms with Gasteiger partial charge in [-0.05, 0) is 43.7 Å². The van der Waals surface area contributed by atoms with E-state index in [1.54, 1.807) is 0 Å². The van der Waals surface area contributed by atoms with Gasteiger partial charge >= 0.3 is 0 Å². The zero-order valence-electron chi connectivity index (χ0n) is 17.5. The van der Waals surface area contributed by atoms with Gasteiger partial charge in [-0.25, -0.2) is 0 Å². The fourth-order valence-electron chi connectivity index (χ4n) is 5.42. The molecule has 0 saturated carbocycles. The van der Waals surface area contributed by atoms with Crippen molar-refractivity contribution in [2.24, 2.45) is 0 Å². The third-order valence-corrected chi connectivity index (χ3v) is 11.6. The number of hydrogen-bond donors (Lipinski definition) is 0. The van der Waals surface area contributed by atoms with Gasteiger partial charge in [0.1, 0.15) is 0 Å². The van der Waals surface area contributed by atoms with Crippen LogP contribution in [-0.2, 0) is 0 Å². The maximum atomic E-state index is 2.38. The van der Waals surface area contributed by atoms with Gasteiger partial charge in [0.25, 0.3) is 0 Å². The first-order chi connectivity index (χ1) is 15.3. The summed E-state index contributed by atoms with van der Waals surface area (Å²) >= 11 is 0. The Morgan fingerprint density at radius 3 is 1.81 bits per heavy atom. The van der Waals surface area contributed by atoms with Gasteiger partial charge in [-0.3, -0.25) is 0 Å². The zero-order chi connectivity index (χ0) is 20.8. The van der Waals surface area contributed by atoms with Gasteiger partial charge in [0, 0.05) is 18.4 Å². The molecule has 2 heteroatoms. The molecule has 1 aliphatic rings. The van der Waals surface area contributed by atoms with E-state index in [9.17, 15) is 0 Å². The van der Waals surface area contributed by atoms with Crippen LogP contribution in [0.5, 0.6) is 0 Å². The summed E-state index contributed by atoms with van der Waals surface area (Å²) in [6.07, 6.45) is 0. The van der Waals surface area contributed by atoms with Crippen LogP contribution in [0.15, 0.2) is 121 Å². The fraction of sp³-hybridized carbons (Fsp3) is 0.0345. The lowest BCUT2D eigenvalue weighted by Gasteiger charge is -2.44. The summed E-state index contributed by atoms with van der Waals surface area (Å²) in [6, 6.07) is 44.9. The summed E-state index contributed by atoms with van der Waals surface area (Å²) in [6.45, 7) is 0. The van der Waals surface area contributed by atoms with E-state index in [1.165, 1.54) is 42.9 Å². The van der Waals surface area contributed by atoms with Crippen molar-refractivity contribution in [1.29, 1.82) is 0 Å². The van der Waals surface area contributed by atoms with Crippen molar-refractivity contribution in [2.45, 2.75) is 0 Å². The number of fused-ring (bicyclic) bond motifs is 4. The smallest absolute Gasteiger partial charge is 0.184 e. The molecule has 0 unspecified atom stereocenters. The molecule has 1 nitrogen and oxygen atoms in total. The molecule has 0 saturated heterocycles. The van der Waals surface area contributed by atoms with Crippen LogP contribution < -0.4 is 25.6 Å². The average molecular weight is 414 g/mol. The summed E-state index contributed by atoms with van der Waals surface area (Å²) in [5.74, 6) is 0. The maximum absolute atomic E-state index is 2.52. The SMILES string of the molecule is CN1c2ccccc2[Si](c2ccccc2)(c2ccccc2)c2c1ccc1ccccc21. The summed E-state index contributed by atoms with van der Waals surface area (Å²) in [5, 5.41) is 8.47. The van der Waals surface area contributed by atoms with Crippen LogP contribution in [0.4, 0.5) is 11.4 Å². The molecule has 0 spiro atoms. The molecular weight excluding hydrogens is 390 g/mol. The van der Waals surface area contributed by atoms with Crippen LogP contribution in [0.1, 0.15) is 0 Å². The molecule has 0 radical (unpaired) electrons. The molecule has 1 heterocycles.